The molecule has 0 saturated carbocycles. The lowest BCUT2D eigenvalue weighted by atomic mass is 9.88. The molecule has 0 aliphatic heterocycles. The maximum Gasteiger partial charge on any atom is 0.275 e. The van der Waals surface area contributed by atoms with Crippen molar-refractivity contribution in [3.05, 3.63) is 93.2 Å². The molecule has 168 valence electrons. The molecule has 1 atom stereocenters. The van der Waals surface area contributed by atoms with Gasteiger partial charge in [-0.15, -0.1) is 0 Å². The maximum atomic E-state index is 14.6. The number of aromatic amines is 1. The van der Waals surface area contributed by atoms with E-state index in [1.807, 2.05) is 6.92 Å². The number of carbonyl (C=O) groups is 1. The van der Waals surface area contributed by atoms with Crippen LogP contribution in [-0.4, -0.2) is 39.2 Å². The van der Waals surface area contributed by atoms with E-state index < -0.39 is 40.5 Å². The zero-order chi connectivity index (χ0) is 23.3. The summed E-state index contributed by atoms with van der Waals surface area (Å²) in [6.45, 7) is 2.23. The van der Waals surface area contributed by atoms with E-state index in [0.717, 1.165) is 18.3 Å². The molecule has 0 aliphatic rings. The molecule has 0 saturated heterocycles. The Labute approximate surface area is 182 Å². The Bertz CT molecular complexity index is 1170. The maximum absolute atomic E-state index is 14.6. The third-order valence-electron chi connectivity index (χ3n) is 5.10. The predicted molar refractivity (Wildman–Crippen MR) is 112 cm³/mol. The van der Waals surface area contributed by atoms with Crippen molar-refractivity contribution >= 4 is 5.91 Å². The van der Waals surface area contributed by atoms with Crippen molar-refractivity contribution in [2.75, 3.05) is 13.1 Å². The number of H-pyrrole nitrogens is 1. The number of aromatic hydroxyl groups is 1. The van der Waals surface area contributed by atoms with Crippen LogP contribution in [0.4, 0.5) is 13.2 Å². The van der Waals surface area contributed by atoms with Gasteiger partial charge in [0, 0.05) is 25.1 Å². The predicted octanol–water partition coefficient (Wildman–Crippen LogP) is 3.97. The Morgan fingerprint density at radius 1 is 1.12 bits per heavy atom. The third-order valence-corrected chi connectivity index (χ3v) is 5.10. The minimum Gasteiger partial charge on any atom is -0.502 e. The van der Waals surface area contributed by atoms with Gasteiger partial charge in [-0.1, -0.05) is 25.1 Å². The number of nitrogens with zero attached hydrogens (tertiary/aromatic N) is 2. The summed E-state index contributed by atoms with van der Waals surface area (Å²) in [4.78, 5) is 26.0. The fourth-order valence-corrected chi connectivity index (χ4v) is 3.58. The fourth-order valence-electron chi connectivity index (χ4n) is 3.58. The van der Waals surface area contributed by atoms with E-state index in [1.54, 1.807) is 6.07 Å². The number of hydrogen-bond acceptors (Lipinski definition) is 4. The SMILES string of the molecule is CCCN(CCC(c1cccc(F)c1)c1ccc(F)cc1F)C(=O)c1[nH]ncc(=O)c1O. The summed E-state index contributed by atoms with van der Waals surface area (Å²) in [7, 11) is 0. The molecule has 32 heavy (non-hydrogen) atoms. The minimum absolute atomic E-state index is 0.0982. The second-order valence-corrected chi connectivity index (χ2v) is 7.31. The van der Waals surface area contributed by atoms with Crippen molar-refractivity contribution in [1.29, 1.82) is 0 Å². The number of benzene rings is 2. The highest BCUT2D eigenvalue weighted by molar-refractivity contribution is 5.94. The van der Waals surface area contributed by atoms with Gasteiger partial charge in [-0.05, 0) is 42.2 Å². The van der Waals surface area contributed by atoms with E-state index in [-0.39, 0.29) is 30.8 Å². The highest BCUT2D eigenvalue weighted by atomic mass is 19.1. The monoisotopic (exact) mass is 445 g/mol. The molecule has 2 aromatic carbocycles. The number of rotatable bonds is 8. The van der Waals surface area contributed by atoms with Crippen LogP contribution >= 0.6 is 0 Å². The average molecular weight is 445 g/mol. The van der Waals surface area contributed by atoms with E-state index in [4.69, 9.17) is 0 Å². The fraction of sp³-hybridized carbons (Fsp3) is 0.261. The number of amides is 1. The van der Waals surface area contributed by atoms with Gasteiger partial charge in [0.15, 0.2) is 11.4 Å². The quantitative estimate of drug-likeness (QED) is 0.550. The largest absolute Gasteiger partial charge is 0.502 e. The van der Waals surface area contributed by atoms with Gasteiger partial charge in [0.1, 0.15) is 17.5 Å². The van der Waals surface area contributed by atoms with Crippen LogP contribution in [0, 0.1) is 17.5 Å². The molecule has 3 aromatic rings. The zero-order valence-corrected chi connectivity index (χ0v) is 17.3. The van der Waals surface area contributed by atoms with Gasteiger partial charge in [0.2, 0.25) is 5.43 Å². The Hall–Kier alpha value is -3.62. The van der Waals surface area contributed by atoms with Gasteiger partial charge >= 0.3 is 0 Å². The molecule has 1 unspecified atom stereocenters. The molecule has 9 heteroatoms. The Morgan fingerprint density at radius 3 is 2.56 bits per heavy atom. The highest BCUT2D eigenvalue weighted by Crippen LogP contribution is 2.31. The summed E-state index contributed by atoms with van der Waals surface area (Å²) < 4.78 is 41.9. The van der Waals surface area contributed by atoms with E-state index in [2.05, 4.69) is 10.2 Å². The van der Waals surface area contributed by atoms with Gasteiger partial charge in [-0.3, -0.25) is 14.7 Å². The first-order valence-corrected chi connectivity index (χ1v) is 10.1. The number of carbonyl (C=O) groups excluding carboxylic acids is 1. The van der Waals surface area contributed by atoms with Gasteiger partial charge < -0.3 is 10.0 Å². The van der Waals surface area contributed by atoms with Crippen LogP contribution in [-0.2, 0) is 0 Å². The number of hydrogen-bond donors (Lipinski definition) is 2. The van der Waals surface area contributed by atoms with Crippen LogP contribution in [0.3, 0.4) is 0 Å². The van der Waals surface area contributed by atoms with Gasteiger partial charge in [-0.25, -0.2) is 13.2 Å². The van der Waals surface area contributed by atoms with Crippen LogP contribution in [0.5, 0.6) is 5.75 Å². The van der Waals surface area contributed by atoms with Crippen molar-refractivity contribution in [3.63, 3.8) is 0 Å². The molecule has 6 nitrogen and oxygen atoms in total. The van der Waals surface area contributed by atoms with Crippen LogP contribution in [0.1, 0.15) is 47.3 Å². The van der Waals surface area contributed by atoms with E-state index in [0.29, 0.717) is 12.0 Å². The smallest absolute Gasteiger partial charge is 0.275 e. The molecule has 0 bridgehead atoms. The summed E-state index contributed by atoms with van der Waals surface area (Å²) in [5.41, 5.74) is -0.508. The van der Waals surface area contributed by atoms with Crippen LogP contribution < -0.4 is 5.43 Å². The number of nitrogens with one attached hydrogen (secondary N) is 1. The van der Waals surface area contributed by atoms with Crippen molar-refractivity contribution in [2.45, 2.75) is 25.7 Å². The summed E-state index contributed by atoms with van der Waals surface area (Å²) in [6, 6.07) is 8.84. The molecule has 1 heterocycles. The Balaban J connectivity index is 1.93. The average Bonchev–Trinajstić information content (AvgIpc) is 2.76. The standard InChI is InChI=1S/C23H22F3N3O3/c1-2-9-29(23(32)21-22(31)20(30)13-27-28-21)10-8-17(14-4-3-5-15(24)11-14)18-7-6-16(25)12-19(18)26/h3-7,11-13,17H,2,8-10H2,1H3,(H,27,31)(H,28,30). The number of aromatic nitrogens is 2. The first-order chi connectivity index (χ1) is 15.3. The van der Waals surface area contributed by atoms with E-state index in [1.165, 1.54) is 29.2 Å². The van der Waals surface area contributed by atoms with Crippen molar-refractivity contribution in [1.82, 2.24) is 15.1 Å². The molecule has 0 aliphatic carbocycles. The first kappa shape index (κ1) is 23.1. The van der Waals surface area contributed by atoms with E-state index in [9.17, 15) is 27.9 Å². The Morgan fingerprint density at radius 2 is 1.88 bits per heavy atom. The molecule has 1 aromatic heterocycles. The molecule has 0 spiro atoms. The Kier molecular flexibility index (Phi) is 7.29. The van der Waals surface area contributed by atoms with Crippen molar-refractivity contribution in [2.24, 2.45) is 0 Å². The van der Waals surface area contributed by atoms with Gasteiger partial charge in [0.05, 0.1) is 6.20 Å². The lowest BCUT2D eigenvalue weighted by Gasteiger charge is -2.26. The summed E-state index contributed by atoms with van der Waals surface area (Å²) >= 11 is 0. The number of halogens is 3. The van der Waals surface area contributed by atoms with Crippen LogP contribution in [0.25, 0.3) is 0 Å². The summed E-state index contributed by atoms with van der Waals surface area (Å²) in [5.74, 6) is -4.07. The lowest BCUT2D eigenvalue weighted by Crippen LogP contribution is -2.35. The highest BCUT2D eigenvalue weighted by Gasteiger charge is 2.25. The molecule has 0 radical (unpaired) electrons. The van der Waals surface area contributed by atoms with Crippen molar-refractivity contribution < 1.29 is 23.1 Å². The molecule has 0 fully saturated rings. The van der Waals surface area contributed by atoms with Crippen molar-refractivity contribution in [3.8, 4) is 5.75 Å². The van der Waals surface area contributed by atoms with Crippen LogP contribution in [0.15, 0.2) is 53.5 Å². The molecule has 2 N–H and O–H groups in total. The summed E-state index contributed by atoms with van der Waals surface area (Å²) in [6.07, 6.45) is 1.61. The second kappa shape index (κ2) is 10.1. The molecular formula is C23H22F3N3O3. The molecular weight excluding hydrogens is 423 g/mol. The third kappa shape index (κ3) is 5.16. The first-order valence-electron chi connectivity index (χ1n) is 10.1. The lowest BCUT2D eigenvalue weighted by molar-refractivity contribution is 0.0740. The molecule has 3 rings (SSSR count). The second-order valence-electron chi connectivity index (χ2n) is 7.31. The van der Waals surface area contributed by atoms with E-state index >= 15 is 0 Å². The van der Waals surface area contributed by atoms with Crippen LogP contribution in [0.2, 0.25) is 0 Å². The topological polar surface area (TPSA) is 86.3 Å². The zero-order valence-electron chi connectivity index (χ0n) is 17.3. The van der Waals surface area contributed by atoms with Gasteiger partial charge in [0.25, 0.3) is 5.91 Å². The van der Waals surface area contributed by atoms with Gasteiger partial charge in [-0.2, -0.15) is 5.10 Å². The normalized spacial score (nSPS) is 11.9. The summed E-state index contributed by atoms with van der Waals surface area (Å²) in [5, 5.41) is 15.9. The molecule has 1 amide bonds. The minimum atomic E-state index is -0.797.